The van der Waals surface area contributed by atoms with E-state index in [2.05, 4.69) is 9.71 Å². The second kappa shape index (κ2) is 8.50. The number of sulfonamides is 1. The van der Waals surface area contributed by atoms with E-state index in [-0.39, 0.29) is 17.1 Å². The van der Waals surface area contributed by atoms with Gasteiger partial charge in [-0.15, -0.1) is 0 Å². The minimum Gasteiger partial charge on any atom is -0.497 e. The minimum atomic E-state index is -3.86. The molecule has 0 bridgehead atoms. The van der Waals surface area contributed by atoms with Crippen LogP contribution in [0, 0.1) is 0 Å². The molecule has 0 fully saturated rings. The number of carbonyl (C=O) groups is 1. The maximum atomic E-state index is 13.6. The summed E-state index contributed by atoms with van der Waals surface area (Å²) in [5, 5.41) is 11.5. The predicted octanol–water partition coefficient (Wildman–Crippen LogP) is 2.95. The summed E-state index contributed by atoms with van der Waals surface area (Å²) in [5.41, 5.74) is -0.622. The van der Waals surface area contributed by atoms with Gasteiger partial charge in [0.15, 0.2) is 10.6 Å². The van der Waals surface area contributed by atoms with Crippen molar-refractivity contribution in [3.8, 4) is 5.75 Å². The van der Waals surface area contributed by atoms with Gasteiger partial charge in [-0.3, -0.25) is 4.79 Å². The number of aromatic nitrogens is 1. The Morgan fingerprint density at radius 1 is 1.06 bits per heavy atom. The molecule has 1 unspecified atom stereocenters. The van der Waals surface area contributed by atoms with Gasteiger partial charge < -0.3 is 14.7 Å². The van der Waals surface area contributed by atoms with Crippen molar-refractivity contribution in [2.45, 2.75) is 43.5 Å². The van der Waals surface area contributed by atoms with Gasteiger partial charge in [-0.1, -0.05) is 36.4 Å². The highest BCUT2D eigenvalue weighted by Gasteiger charge is 2.51. The average Bonchev–Trinajstić information content (AvgIpc) is 3.01. The van der Waals surface area contributed by atoms with Crippen LogP contribution in [0.4, 0.5) is 5.69 Å². The highest BCUT2D eigenvalue weighted by molar-refractivity contribution is 7.89. The van der Waals surface area contributed by atoms with Crippen molar-refractivity contribution in [3.63, 3.8) is 0 Å². The van der Waals surface area contributed by atoms with Gasteiger partial charge in [-0.2, -0.15) is 0 Å². The van der Waals surface area contributed by atoms with Crippen molar-refractivity contribution in [2.75, 3.05) is 12.0 Å². The molecule has 1 aromatic heterocycles. The summed E-state index contributed by atoms with van der Waals surface area (Å²) >= 11 is 0. The molecule has 0 spiro atoms. The zero-order valence-electron chi connectivity index (χ0n) is 19.4. The van der Waals surface area contributed by atoms with Gasteiger partial charge >= 0.3 is 0 Å². The topological polar surface area (TPSA) is 109 Å². The van der Waals surface area contributed by atoms with Crippen LogP contribution >= 0.6 is 0 Å². The van der Waals surface area contributed by atoms with Crippen LogP contribution in [-0.4, -0.2) is 37.1 Å². The molecule has 0 saturated carbocycles. The van der Waals surface area contributed by atoms with Crippen LogP contribution in [0.5, 0.6) is 5.75 Å². The Hall–Kier alpha value is -3.27. The molecule has 2 N–H and O–H groups in total. The van der Waals surface area contributed by atoms with Crippen molar-refractivity contribution in [3.05, 3.63) is 83.6 Å². The van der Waals surface area contributed by atoms with E-state index in [1.54, 1.807) is 52.1 Å². The number of pyridine rings is 1. The Kier molecular flexibility index (Phi) is 5.97. The lowest BCUT2D eigenvalue weighted by Gasteiger charge is -2.24. The van der Waals surface area contributed by atoms with E-state index in [9.17, 15) is 18.3 Å². The summed E-state index contributed by atoms with van der Waals surface area (Å²) in [7, 11) is -2.28. The van der Waals surface area contributed by atoms with Crippen molar-refractivity contribution in [1.29, 1.82) is 0 Å². The molecule has 0 saturated heterocycles. The Bertz CT molecular complexity index is 1320. The molecule has 1 aliphatic rings. The standard InChI is InChI=1S/C25H27N3O5S/c1-24(2,3)27-34(31,32)22-14-11-18(15-26-22)25(30)20-7-5-6-8-21(20)28(23(25)29)16-17-9-12-19(33-4)13-10-17/h5-15,27,30H,16H2,1-4H3. The molecular formula is C25H27N3O5S. The number of methoxy groups -OCH3 is 1. The summed E-state index contributed by atoms with van der Waals surface area (Å²) in [6, 6.07) is 17.1. The first-order chi connectivity index (χ1) is 16.0. The second-order valence-corrected chi connectivity index (χ2v) is 10.8. The second-order valence-electron chi connectivity index (χ2n) is 9.21. The summed E-state index contributed by atoms with van der Waals surface area (Å²) < 4.78 is 32.9. The molecule has 178 valence electrons. The third kappa shape index (κ3) is 4.29. The quantitative estimate of drug-likeness (QED) is 0.560. The predicted molar refractivity (Wildman–Crippen MR) is 128 cm³/mol. The number of amides is 1. The van der Waals surface area contributed by atoms with Crippen LogP contribution in [0.2, 0.25) is 0 Å². The third-order valence-electron chi connectivity index (χ3n) is 5.51. The largest absolute Gasteiger partial charge is 0.497 e. The van der Waals surface area contributed by atoms with E-state index in [1.807, 2.05) is 24.3 Å². The maximum Gasteiger partial charge on any atom is 0.268 e. The summed E-state index contributed by atoms with van der Waals surface area (Å²) in [6.45, 7) is 5.44. The normalized spacial score (nSPS) is 18.1. The number of anilines is 1. The van der Waals surface area contributed by atoms with Gasteiger partial charge in [0.25, 0.3) is 15.9 Å². The monoisotopic (exact) mass is 481 g/mol. The maximum absolute atomic E-state index is 13.6. The third-order valence-corrected chi connectivity index (χ3v) is 7.18. The molecule has 1 atom stereocenters. The summed E-state index contributed by atoms with van der Waals surface area (Å²) in [4.78, 5) is 19.2. The van der Waals surface area contributed by atoms with Gasteiger partial charge in [0.2, 0.25) is 0 Å². The van der Waals surface area contributed by atoms with Crippen LogP contribution in [-0.2, 0) is 27.0 Å². The average molecular weight is 482 g/mol. The lowest BCUT2D eigenvalue weighted by atomic mass is 9.89. The van der Waals surface area contributed by atoms with Gasteiger partial charge in [0.05, 0.1) is 19.3 Å². The lowest BCUT2D eigenvalue weighted by molar-refractivity contribution is -0.132. The van der Waals surface area contributed by atoms with Crippen LogP contribution in [0.25, 0.3) is 0 Å². The fourth-order valence-corrected chi connectivity index (χ4v) is 5.34. The molecule has 2 heterocycles. The number of benzene rings is 2. The first-order valence-electron chi connectivity index (χ1n) is 10.7. The summed E-state index contributed by atoms with van der Waals surface area (Å²) in [6.07, 6.45) is 1.24. The van der Waals surface area contributed by atoms with E-state index < -0.39 is 27.1 Å². The smallest absolute Gasteiger partial charge is 0.268 e. The van der Waals surface area contributed by atoms with Gasteiger partial charge in [0, 0.05) is 22.9 Å². The Labute approximate surface area is 199 Å². The van der Waals surface area contributed by atoms with Crippen molar-refractivity contribution < 1.29 is 23.1 Å². The molecule has 1 amide bonds. The molecule has 0 radical (unpaired) electrons. The number of rotatable bonds is 6. The van der Waals surface area contributed by atoms with Crippen LogP contribution < -0.4 is 14.4 Å². The van der Waals surface area contributed by atoms with Crippen LogP contribution in [0.15, 0.2) is 71.9 Å². The van der Waals surface area contributed by atoms with E-state index in [0.717, 1.165) is 5.56 Å². The zero-order chi connectivity index (χ0) is 24.7. The number of hydrogen-bond donors (Lipinski definition) is 2. The van der Waals surface area contributed by atoms with Crippen molar-refractivity contribution >= 4 is 21.6 Å². The highest BCUT2D eigenvalue weighted by atomic mass is 32.2. The molecular weight excluding hydrogens is 454 g/mol. The minimum absolute atomic E-state index is 0.191. The molecule has 4 rings (SSSR count). The van der Waals surface area contributed by atoms with Crippen molar-refractivity contribution in [1.82, 2.24) is 9.71 Å². The first-order valence-corrected chi connectivity index (χ1v) is 12.2. The molecule has 8 nitrogen and oxygen atoms in total. The van der Waals surface area contributed by atoms with Gasteiger partial charge in [-0.05, 0) is 50.6 Å². The summed E-state index contributed by atoms with van der Waals surface area (Å²) in [5.74, 6) is 0.171. The van der Waals surface area contributed by atoms with E-state index in [1.165, 1.54) is 23.2 Å². The van der Waals surface area contributed by atoms with Crippen molar-refractivity contribution in [2.24, 2.45) is 0 Å². The van der Waals surface area contributed by atoms with Crippen LogP contribution in [0.3, 0.4) is 0 Å². The number of ether oxygens (including phenoxy) is 1. The Morgan fingerprint density at radius 2 is 1.74 bits per heavy atom. The number of nitrogens with one attached hydrogen (secondary N) is 1. The molecule has 1 aliphatic heterocycles. The number of hydrogen-bond acceptors (Lipinski definition) is 6. The fraction of sp³-hybridized carbons (Fsp3) is 0.280. The highest BCUT2D eigenvalue weighted by Crippen LogP contribution is 2.44. The Morgan fingerprint density at radius 3 is 2.32 bits per heavy atom. The number of nitrogens with zero attached hydrogens (tertiary/aromatic N) is 2. The number of carbonyl (C=O) groups excluding carboxylic acids is 1. The van der Waals surface area contributed by atoms with E-state index in [4.69, 9.17) is 4.74 Å². The molecule has 3 aromatic rings. The Balaban J connectivity index is 1.70. The first kappa shape index (κ1) is 23.9. The van der Waals surface area contributed by atoms with E-state index >= 15 is 0 Å². The molecule has 34 heavy (non-hydrogen) atoms. The number of aliphatic hydroxyl groups is 1. The number of para-hydroxylation sites is 1. The van der Waals surface area contributed by atoms with Gasteiger partial charge in [0.1, 0.15) is 5.75 Å². The van der Waals surface area contributed by atoms with Crippen LogP contribution in [0.1, 0.15) is 37.5 Å². The SMILES string of the molecule is COc1ccc(CN2C(=O)C(O)(c3ccc(S(=O)(=O)NC(C)(C)C)nc3)c3ccccc32)cc1. The molecule has 2 aromatic carbocycles. The zero-order valence-corrected chi connectivity index (χ0v) is 20.3. The lowest BCUT2D eigenvalue weighted by Crippen LogP contribution is -2.42. The van der Waals surface area contributed by atoms with Gasteiger partial charge in [-0.25, -0.2) is 18.1 Å². The van der Waals surface area contributed by atoms with E-state index in [0.29, 0.717) is 17.0 Å². The molecule has 9 heteroatoms. The molecule has 0 aliphatic carbocycles. The fourth-order valence-electron chi connectivity index (χ4n) is 3.99. The number of fused-ring (bicyclic) bond motifs is 1.